The molecule has 3 nitrogen and oxygen atoms in total. The largest absolute Gasteiger partial charge is 0.395 e. The van der Waals surface area contributed by atoms with Gasteiger partial charge < -0.3 is 10.4 Å². The number of aliphatic hydroxyl groups excluding tert-OH is 1. The molecule has 0 saturated carbocycles. The van der Waals surface area contributed by atoms with Crippen LogP contribution in [0.1, 0.15) is 13.8 Å². The summed E-state index contributed by atoms with van der Waals surface area (Å²) in [5.74, 6) is -0.0729. The SMILES string of the molecule is CC(=O)/C(S)=C(\C)NCCO. The Labute approximate surface area is 71.9 Å². The predicted octanol–water partition coefficient (Wildman–Crippen LogP) is 0.319. The molecule has 64 valence electrons. The smallest absolute Gasteiger partial charge is 0.167 e. The summed E-state index contributed by atoms with van der Waals surface area (Å²) < 4.78 is 0. The molecule has 0 amide bonds. The number of aliphatic hydroxyl groups is 1. The molecule has 0 aliphatic carbocycles. The number of thiol groups is 1. The van der Waals surface area contributed by atoms with Crippen molar-refractivity contribution in [3.63, 3.8) is 0 Å². The molecule has 0 aromatic rings. The Balaban J connectivity index is 4.05. The molecule has 0 aliphatic rings. The molecule has 0 aromatic heterocycles. The van der Waals surface area contributed by atoms with E-state index in [1.54, 1.807) is 6.92 Å². The van der Waals surface area contributed by atoms with Crippen LogP contribution in [-0.4, -0.2) is 24.0 Å². The van der Waals surface area contributed by atoms with Crippen LogP contribution in [-0.2, 0) is 4.79 Å². The minimum absolute atomic E-state index is 0.0519. The number of Topliss-reactive ketones (excluding diaryl/α,β-unsaturated/α-hetero) is 1. The van der Waals surface area contributed by atoms with E-state index in [0.717, 1.165) is 0 Å². The van der Waals surface area contributed by atoms with E-state index < -0.39 is 0 Å². The van der Waals surface area contributed by atoms with E-state index in [9.17, 15) is 4.79 Å². The predicted molar refractivity (Wildman–Crippen MR) is 47.5 cm³/mol. The Bertz CT molecular complexity index is 177. The number of carbonyl (C=O) groups excluding carboxylic acids is 1. The van der Waals surface area contributed by atoms with Crippen LogP contribution >= 0.6 is 12.6 Å². The lowest BCUT2D eigenvalue weighted by molar-refractivity contribution is -0.113. The van der Waals surface area contributed by atoms with Gasteiger partial charge in [-0.2, -0.15) is 0 Å². The molecule has 2 N–H and O–H groups in total. The second-order valence-corrected chi connectivity index (χ2v) is 2.63. The number of nitrogens with one attached hydrogen (secondary N) is 1. The van der Waals surface area contributed by atoms with Gasteiger partial charge >= 0.3 is 0 Å². The van der Waals surface area contributed by atoms with E-state index in [2.05, 4.69) is 17.9 Å². The van der Waals surface area contributed by atoms with E-state index in [4.69, 9.17) is 5.11 Å². The van der Waals surface area contributed by atoms with Gasteiger partial charge in [-0.25, -0.2) is 0 Å². The van der Waals surface area contributed by atoms with Gasteiger partial charge in [0.1, 0.15) is 0 Å². The summed E-state index contributed by atoms with van der Waals surface area (Å²) in [7, 11) is 0. The molecule has 0 spiro atoms. The average molecular weight is 175 g/mol. The summed E-state index contributed by atoms with van der Waals surface area (Å²) in [6, 6.07) is 0. The highest BCUT2D eigenvalue weighted by atomic mass is 32.1. The van der Waals surface area contributed by atoms with Crippen molar-refractivity contribution in [2.24, 2.45) is 0 Å². The van der Waals surface area contributed by atoms with E-state index in [1.807, 2.05) is 0 Å². The molecule has 11 heavy (non-hydrogen) atoms. The third-order valence-corrected chi connectivity index (χ3v) is 1.84. The van der Waals surface area contributed by atoms with Gasteiger partial charge in [0.25, 0.3) is 0 Å². The summed E-state index contributed by atoms with van der Waals surface area (Å²) in [5.41, 5.74) is 0.704. The minimum atomic E-state index is -0.0729. The Kier molecular flexibility index (Phi) is 4.98. The first-order valence-corrected chi connectivity index (χ1v) is 3.79. The van der Waals surface area contributed by atoms with Crippen LogP contribution in [0.25, 0.3) is 0 Å². The molecule has 0 aromatic carbocycles. The van der Waals surface area contributed by atoms with Crippen molar-refractivity contribution in [2.75, 3.05) is 13.2 Å². The molecule has 0 atom stereocenters. The van der Waals surface area contributed by atoms with Gasteiger partial charge in [0.15, 0.2) is 5.78 Å². The van der Waals surface area contributed by atoms with Gasteiger partial charge in [0, 0.05) is 12.2 Å². The van der Waals surface area contributed by atoms with Gasteiger partial charge in [-0.15, -0.1) is 12.6 Å². The molecule has 0 fully saturated rings. The molecule has 0 unspecified atom stereocenters. The standard InChI is InChI=1S/C7H13NO2S/c1-5(8-3-4-9)7(11)6(2)10/h8-9,11H,3-4H2,1-2H3/b7-5-. The number of allylic oxidation sites excluding steroid dienone is 2. The Morgan fingerprint density at radius 2 is 2.09 bits per heavy atom. The van der Waals surface area contributed by atoms with Crippen molar-refractivity contribution < 1.29 is 9.90 Å². The summed E-state index contributed by atoms with van der Waals surface area (Å²) in [6.45, 7) is 3.70. The fraction of sp³-hybridized carbons (Fsp3) is 0.571. The van der Waals surface area contributed by atoms with Crippen molar-refractivity contribution in [2.45, 2.75) is 13.8 Å². The fourth-order valence-electron chi connectivity index (χ4n) is 0.591. The van der Waals surface area contributed by atoms with Gasteiger partial charge in [0.2, 0.25) is 0 Å². The molecule has 0 bridgehead atoms. The zero-order valence-corrected chi connectivity index (χ0v) is 7.61. The first-order chi connectivity index (χ1) is 5.09. The first kappa shape index (κ1) is 10.5. The summed E-state index contributed by atoms with van der Waals surface area (Å²) in [5, 5.41) is 11.3. The quantitative estimate of drug-likeness (QED) is 0.426. The normalized spacial score (nSPS) is 12.4. The monoisotopic (exact) mass is 175 g/mol. The van der Waals surface area contributed by atoms with Crippen molar-refractivity contribution in [1.29, 1.82) is 0 Å². The van der Waals surface area contributed by atoms with Crippen molar-refractivity contribution >= 4 is 18.4 Å². The van der Waals surface area contributed by atoms with Crippen molar-refractivity contribution in [3.8, 4) is 0 Å². The van der Waals surface area contributed by atoms with Gasteiger partial charge in [-0.05, 0) is 13.8 Å². The lowest BCUT2D eigenvalue weighted by Gasteiger charge is -2.05. The van der Waals surface area contributed by atoms with E-state index in [-0.39, 0.29) is 12.4 Å². The summed E-state index contributed by atoms with van der Waals surface area (Å²) in [4.78, 5) is 11.1. The third-order valence-electron chi connectivity index (χ3n) is 1.19. The van der Waals surface area contributed by atoms with E-state index in [0.29, 0.717) is 17.1 Å². The van der Waals surface area contributed by atoms with Gasteiger partial charge in [-0.1, -0.05) is 0 Å². The molecule has 0 heterocycles. The number of hydrogen-bond donors (Lipinski definition) is 3. The summed E-state index contributed by atoms with van der Waals surface area (Å²) >= 11 is 3.98. The minimum Gasteiger partial charge on any atom is -0.395 e. The Morgan fingerprint density at radius 3 is 2.45 bits per heavy atom. The van der Waals surface area contributed by atoms with Crippen molar-refractivity contribution in [3.05, 3.63) is 10.6 Å². The lowest BCUT2D eigenvalue weighted by Crippen LogP contribution is -2.17. The highest BCUT2D eigenvalue weighted by molar-refractivity contribution is 7.85. The second kappa shape index (κ2) is 5.21. The number of carbonyl (C=O) groups is 1. The molecular formula is C7H13NO2S. The van der Waals surface area contributed by atoms with Crippen LogP contribution in [0, 0.1) is 0 Å². The zero-order chi connectivity index (χ0) is 8.85. The molecule has 0 radical (unpaired) electrons. The molecule has 0 aliphatic heterocycles. The van der Waals surface area contributed by atoms with E-state index in [1.165, 1.54) is 6.92 Å². The molecule has 0 rings (SSSR count). The molecule has 0 saturated heterocycles. The highest BCUT2D eigenvalue weighted by Gasteiger charge is 2.01. The van der Waals surface area contributed by atoms with Gasteiger partial charge in [-0.3, -0.25) is 4.79 Å². The van der Waals surface area contributed by atoms with Crippen molar-refractivity contribution in [1.82, 2.24) is 5.32 Å². The second-order valence-electron chi connectivity index (χ2n) is 2.18. The number of ketones is 1. The van der Waals surface area contributed by atoms with E-state index >= 15 is 0 Å². The first-order valence-electron chi connectivity index (χ1n) is 3.35. The maximum Gasteiger partial charge on any atom is 0.167 e. The van der Waals surface area contributed by atoms with Crippen LogP contribution in [0.4, 0.5) is 0 Å². The maximum atomic E-state index is 10.7. The third kappa shape index (κ3) is 4.06. The maximum absolute atomic E-state index is 10.7. The Morgan fingerprint density at radius 1 is 1.55 bits per heavy atom. The number of hydrogen-bond acceptors (Lipinski definition) is 4. The summed E-state index contributed by atoms with van der Waals surface area (Å²) in [6.07, 6.45) is 0. The molecule has 4 heteroatoms. The highest BCUT2D eigenvalue weighted by Crippen LogP contribution is 2.06. The number of rotatable bonds is 4. The van der Waals surface area contributed by atoms with Gasteiger partial charge in [0.05, 0.1) is 11.5 Å². The van der Waals surface area contributed by atoms with Crippen LogP contribution in [0.3, 0.4) is 0 Å². The van der Waals surface area contributed by atoms with Crippen LogP contribution in [0.15, 0.2) is 10.6 Å². The fourth-order valence-corrected chi connectivity index (χ4v) is 0.670. The molecular weight excluding hydrogens is 162 g/mol. The van der Waals surface area contributed by atoms with Crippen LogP contribution in [0.2, 0.25) is 0 Å². The topological polar surface area (TPSA) is 49.3 Å². The van der Waals surface area contributed by atoms with Crippen LogP contribution in [0.5, 0.6) is 0 Å². The Hall–Kier alpha value is -0.480. The lowest BCUT2D eigenvalue weighted by atomic mass is 10.3. The average Bonchev–Trinajstić information content (AvgIpc) is 1.98. The zero-order valence-electron chi connectivity index (χ0n) is 6.72. The van der Waals surface area contributed by atoms with Crippen LogP contribution < -0.4 is 5.32 Å².